The Balaban J connectivity index is 3.94. The van der Waals surface area contributed by atoms with Crippen LogP contribution in [-0.2, 0) is 0 Å². The molecule has 0 nitrogen and oxygen atoms in total. The smallest absolute Gasteiger partial charge is 0.207 e. The van der Waals surface area contributed by atoms with E-state index in [0.717, 1.165) is 0 Å². The van der Waals surface area contributed by atoms with Crippen LogP contribution in [0, 0.1) is 0 Å². The zero-order chi connectivity index (χ0) is 9.83. The van der Waals surface area contributed by atoms with Gasteiger partial charge in [-0.1, -0.05) is 6.08 Å². The summed E-state index contributed by atoms with van der Waals surface area (Å²) in [7, 11) is 0. The van der Waals surface area contributed by atoms with Crippen LogP contribution in [-0.4, -0.2) is 12.1 Å². The second-order valence-corrected chi connectivity index (χ2v) is 2.48. The third-order valence-electron chi connectivity index (χ3n) is 1.17. The fraction of sp³-hybridized carbons (Fsp3) is 0.714. The average Bonchev–Trinajstić information content (AvgIpc) is 1.78. The first kappa shape index (κ1) is 11.4. The molecule has 0 radical (unpaired) electrons. The lowest BCUT2D eigenvalue weighted by molar-refractivity contribution is -0.188. The molecule has 0 aliphatic carbocycles. The van der Waals surface area contributed by atoms with E-state index in [1.807, 2.05) is 0 Å². The molecule has 0 aromatic rings. The van der Waals surface area contributed by atoms with Crippen LogP contribution < -0.4 is 0 Å². The van der Waals surface area contributed by atoms with Crippen molar-refractivity contribution >= 4 is 0 Å². The highest BCUT2D eigenvalue weighted by Crippen LogP contribution is 2.34. The Labute approximate surface area is 67.1 Å². The second kappa shape index (κ2) is 3.87. The van der Waals surface area contributed by atoms with Crippen molar-refractivity contribution in [2.45, 2.75) is 31.4 Å². The Morgan fingerprint density at radius 1 is 1.08 bits per heavy atom. The summed E-state index contributed by atoms with van der Waals surface area (Å²) < 4.78 is 59.1. The molecule has 0 atom stereocenters. The van der Waals surface area contributed by atoms with E-state index in [0.29, 0.717) is 0 Å². The number of hydrogen-bond donors (Lipinski definition) is 0. The van der Waals surface area contributed by atoms with Crippen LogP contribution in [0.3, 0.4) is 0 Å². The van der Waals surface area contributed by atoms with Gasteiger partial charge in [-0.05, 0) is 6.42 Å². The SMILES string of the molecule is C=CCCC(F)(F)CC(F)(F)F. The topological polar surface area (TPSA) is 0 Å². The molecule has 0 heterocycles. The van der Waals surface area contributed by atoms with Crippen molar-refractivity contribution in [1.82, 2.24) is 0 Å². The van der Waals surface area contributed by atoms with Gasteiger partial charge in [-0.25, -0.2) is 8.78 Å². The maximum absolute atomic E-state index is 12.3. The average molecular weight is 188 g/mol. The van der Waals surface area contributed by atoms with Crippen molar-refractivity contribution in [2.75, 3.05) is 0 Å². The van der Waals surface area contributed by atoms with Gasteiger partial charge in [0, 0.05) is 6.42 Å². The number of alkyl halides is 5. The first-order valence-electron chi connectivity index (χ1n) is 3.32. The summed E-state index contributed by atoms with van der Waals surface area (Å²) in [5, 5.41) is 0. The second-order valence-electron chi connectivity index (χ2n) is 2.48. The molecule has 0 saturated carbocycles. The summed E-state index contributed by atoms with van der Waals surface area (Å²) in [6.07, 6.45) is -6.58. The lowest BCUT2D eigenvalue weighted by atomic mass is 10.1. The fourth-order valence-electron chi connectivity index (χ4n) is 0.695. The van der Waals surface area contributed by atoms with Gasteiger partial charge in [-0.15, -0.1) is 6.58 Å². The standard InChI is InChI=1S/C7H9F5/c1-2-3-4-6(8,9)5-7(10,11)12/h2H,1,3-5H2. The molecule has 0 N–H and O–H groups in total. The van der Waals surface area contributed by atoms with Gasteiger partial charge in [0.15, 0.2) is 0 Å². The first-order chi connectivity index (χ1) is 5.27. The summed E-state index contributed by atoms with van der Waals surface area (Å²) in [5.41, 5.74) is 0. The third kappa shape index (κ3) is 6.12. The minimum absolute atomic E-state index is 0.108. The molecule has 0 rings (SSSR count). The molecule has 72 valence electrons. The molecule has 0 aliphatic rings. The number of halogens is 5. The number of rotatable bonds is 4. The highest BCUT2D eigenvalue weighted by Gasteiger charge is 2.42. The molecule has 12 heavy (non-hydrogen) atoms. The Bertz CT molecular complexity index is 146. The predicted octanol–water partition coefficient (Wildman–Crippen LogP) is 3.54. The van der Waals surface area contributed by atoms with Gasteiger partial charge in [-0.3, -0.25) is 0 Å². The lowest BCUT2D eigenvalue weighted by Crippen LogP contribution is -2.25. The molecular formula is C7H9F5. The molecule has 5 heteroatoms. The van der Waals surface area contributed by atoms with Crippen LogP contribution in [0.1, 0.15) is 19.3 Å². The van der Waals surface area contributed by atoms with E-state index in [-0.39, 0.29) is 6.42 Å². The maximum atomic E-state index is 12.3. The fourth-order valence-corrected chi connectivity index (χ4v) is 0.695. The highest BCUT2D eigenvalue weighted by molar-refractivity contribution is 4.76. The maximum Gasteiger partial charge on any atom is 0.394 e. The molecule has 0 unspecified atom stereocenters. The van der Waals surface area contributed by atoms with Crippen LogP contribution in [0.4, 0.5) is 22.0 Å². The van der Waals surface area contributed by atoms with Crippen molar-refractivity contribution in [3.63, 3.8) is 0 Å². The Morgan fingerprint density at radius 3 is 1.92 bits per heavy atom. The van der Waals surface area contributed by atoms with Gasteiger partial charge in [-0.2, -0.15) is 13.2 Å². The first-order valence-corrected chi connectivity index (χ1v) is 3.32. The molecule has 0 amide bonds. The van der Waals surface area contributed by atoms with Gasteiger partial charge in [0.25, 0.3) is 5.92 Å². The molecule has 0 aromatic carbocycles. The summed E-state index contributed by atoms with van der Waals surface area (Å²) in [4.78, 5) is 0. The summed E-state index contributed by atoms with van der Waals surface area (Å²) in [5.74, 6) is -3.66. The van der Waals surface area contributed by atoms with E-state index in [1.165, 1.54) is 6.08 Å². The van der Waals surface area contributed by atoms with Gasteiger partial charge < -0.3 is 0 Å². The van der Waals surface area contributed by atoms with E-state index in [2.05, 4.69) is 6.58 Å². The molecule has 0 saturated heterocycles. The van der Waals surface area contributed by atoms with E-state index in [1.54, 1.807) is 0 Å². The van der Waals surface area contributed by atoms with Crippen LogP contribution in [0.2, 0.25) is 0 Å². The minimum Gasteiger partial charge on any atom is -0.207 e. The van der Waals surface area contributed by atoms with Gasteiger partial charge in [0.2, 0.25) is 0 Å². The molecule has 0 bridgehead atoms. The van der Waals surface area contributed by atoms with E-state index in [9.17, 15) is 22.0 Å². The van der Waals surface area contributed by atoms with E-state index in [4.69, 9.17) is 0 Å². The summed E-state index contributed by atoms with van der Waals surface area (Å²) in [6, 6.07) is 0. The van der Waals surface area contributed by atoms with Crippen molar-refractivity contribution < 1.29 is 22.0 Å². The zero-order valence-corrected chi connectivity index (χ0v) is 6.30. The van der Waals surface area contributed by atoms with Crippen LogP contribution in [0.15, 0.2) is 12.7 Å². The van der Waals surface area contributed by atoms with Crippen molar-refractivity contribution in [1.29, 1.82) is 0 Å². The van der Waals surface area contributed by atoms with Gasteiger partial charge in [0.05, 0.1) is 0 Å². The van der Waals surface area contributed by atoms with Gasteiger partial charge in [0.1, 0.15) is 6.42 Å². The normalized spacial score (nSPS) is 13.1. The Hall–Kier alpha value is -0.610. The number of hydrogen-bond acceptors (Lipinski definition) is 0. The van der Waals surface area contributed by atoms with Crippen molar-refractivity contribution in [3.8, 4) is 0 Å². The van der Waals surface area contributed by atoms with Crippen LogP contribution >= 0.6 is 0 Å². The van der Waals surface area contributed by atoms with Crippen molar-refractivity contribution in [3.05, 3.63) is 12.7 Å². The highest BCUT2D eigenvalue weighted by atomic mass is 19.4. The molecule has 0 aliphatic heterocycles. The molecule has 0 spiro atoms. The zero-order valence-electron chi connectivity index (χ0n) is 6.30. The van der Waals surface area contributed by atoms with Gasteiger partial charge >= 0.3 is 6.18 Å². The Morgan fingerprint density at radius 2 is 1.58 bits per heavy atom. The van der Waals surface area contributed by atoms with E-state index >= 15 is 0 Å². The molecule has 0 aromatic heterocycles. The third-order valence-corrected chi connectivity index (χ3v) is 1.17. The summed E-state index contributed by atoms with van der Waals surface area (Å²) >= 11 is 0. The quantitative estimate of drug-likeness (QED) is 0.467. The lowest BCUT2D eigenvalue weighted by Gasteiger charge is -2.16. The molecule has 0 fully saturated rings. The monoisotopic (exact) mass is 188 g/mol. The van der Waals surface area contributed by atoms with Crippen LogP contribution in [0.25, 0.3) is 0 Å². The molecular weight excluding hydrogens is 179 g/mol. The minimum atomic E-state index is -4.80. The van der Waals surface area contributed by atoms with Crippen molar-refractivity contribution in [2.24, 2.45) is 0 Å². The van der Waals surface area contributed by atoms with Crippen LogP contribution in [0.5, 0.6) is 0 Å². The van der Waals surface area contributed by atoms with E-state index < -0.39 is 24.9 Å². The largest absolute Gasteiger partial charge is 0.394 e. The number of allylic oxidation sites excluding steroid dienone is 1. The predicted molar refractivity (Wildman–Crippen MR) is 35.0 cm³/mol. The Kier molecular flexibility index (Phi) is 3.67. The summed E-state index contributed by atoms with van der Waals surface area (Å²) in [6.45, 7) is 3.15.